The van der Waals surface area contributed by atoms with Gasteiger partial charge in [0.2, 0.25) is 5.91 Å². The fourth-order valence-electron chi connectivity index (χ4n) is 2.31. The number of rotatable bonds is 3. The van der Waals surface area contributed by atoms with E-state index in [-0.39, 0.29) is 17.9 Å². The van der Waals surface area contributed by atoms with E-state index < -0.39 is 0 Å². The Morgan fingerprint density at radius 2 is 2.25 bits per heavy atom. The Labute approximate surface area is 96.4 Å². The summed E-state index contributed by atoms with van der Waals surface area (Å²) in [5.74, 6) is 0.655. The summed E-state index contributed by atoms with van der Waals surface area (Å²) in [5.41, 5.74) is 8.42. The number of nitrogens with zero attached hydrogens (tertiary/aromatic N) is 4. The van der Waals surface area contributed by atoms with E-state index in [1.807, 2.05) is 14.0 Å². The highest BCUT2D eigenvalue weighted by atomic mass is 16.2. The topological polar surface area (TPSA) is 69.1 Å². The molecule has 0 saturated heterocycles. The Hall–Kier alpha value is -1.22. The van der Waals surface area contributed by atoms with Crippen LogP contribution in [0, 0.1) is 11.8 Å². The second-order valence-electron chi connectivity index (χ2n) is 4.61. The number of hydrogen-bond acceptors (Lipinski definition) is 2. The summed E-state index contributed by atoms with van der Waals surface area (Å²) >= 11 is 0. The fraction of sp³-hybridized carbons (Fsp3) is 0.909. The molecule has 1 aliphatic rings. The summed E-state index contributed by atoms with van der Waals surface area (Å²) in [7, 11) is 1.84. The van der Waals surface area contributed by atoms with Crippen molar-refractivity contribution < 1.29 is 4.79 Å². The molecule has 1 aliphatic carbocycles. The van der Waals surface area contributed by atoms with E-state index in [9.17, 15) is 4.79 Å². The molecule has 90 valence electrons. The van der Waals surface area contributed by atoms with Crippen molar-refractivity contribution in [3.8, 4) is 0 Å². The minimum atomic E-state index is 0.0704. The van der Waals surface area contributed by atoms with Gasteiger partial charge in [0.05, 0.1) is 0 Å². The average molecular weight is 224 g/mol. The summed E-state index contributed by atoms with van der Waals surface area (Å²) in [5, 5.41) is 3.78. The number of carbonyl (C=O) groups excluding carboxylic acids is 1. The predicted octanol–water partition coefficient (Wildman–Crippen LogP) is 2.58. The lowest BCUT2D eigenvalue weighted by atomic mass is 9.78. The molecule has 0 radical (unpaired) electrons. The van der Waals surface area contributed by atoms with Gasteiger partial charge in [-0.3, -0.25) is 4.79 Å². The molecular formula is C11H20N4O. The van der Waals surface area contributed by atoms with Crippen LogP contribution in [0.3, 0.4) is 0 Å². The Morgan fingerprint density at radius 1 is 1.56 bits per heavy atom. The van der Waals surface area contributed by atoms with Crippen molar-refractivity contribution in [2.24, 2.45) is 17.0 Å². The van der Waals surface area contributed by atoms with Gasteiger partial charge in [0, 0.05) is 30.5 Å². The van der Waals surface area contributed by atoms with Crippen molar-refractivity contribution in [1.29, 1.82) is 0 Å². The van der Waals surface area contributed by atoms with Crippen molar-refractivity contribution in [1.82, 2.24) is 4.90 Å². The van der Waals surface area contributed by atoms with Gasteiger partial charge in [-0.15, -0.1) is 0 Å². The van der Waals surface area contributed by atoms with Crippen LogP contribution in [0.25, 0.3) is 10.4 Å². The first-order chi connectivity index (χ1) is 7.60. The van der Waals surface area contributed by atoms with Crippen LogP contribution in [0.4, 0.5) is 0 Å². The molecular weight excluding hydrogens is 204 g/mol. The Bertz CT molecular complexity index is 298. The molecule has 0 N–H and O–H groups in total. The van der Waals surface area contributed by atoms with Gasteiger partial charge in [0.1, 0.15) is 0 Å². The molecule has 1 saturated carbocycles. The highest BCUT2D eigenvalue weighted by molar-refractivity contribution is 5.78. The minimum Gasteiger partial charge on any atom is -0.346 e. The van der Waals surface area contributed by atoms with Crippen LogP contribution in [-0.4, -0.2) is 30.4 Å². The highest BCUT2D eigenvalue weighted by Crippen LogP contribution is 2.32. The molecule has 0 unspecified atom stereocenters. The maximum absolute atomic E-state index is 12.0. The van der Waals surface area contributed by atoms with Crippen LogP contribution >= 0.6 is 0 Å². The molecule has 1 amide bonds. The third kappa shape index (κ3) is 2.89. The minimum absolute atomic E-state index is 0.0704. The molecule has 16 heavy (non-hydrogen) atoms. The summed E-state index contributed by atoms with van der Waals surface area (Å²) in [6, 6.07) is 0.0704. The van der Waals surface area contributed by atoms with Crippen molar-refractivity contribution in [2.75, 3.05) is 13.6 Å². The van der Waals surface area contributed by atoms with E-state index in [1.165, 1.54) is 0 Å². The standard InChI is InChI=1S/C11H20N4O/c1-4-15(3)11(16)9-5-6-10(13-14-12)8(2)7-9/h8-10H,4-7H2,1-3H3/t8-,9+,10+/m1/s1. The van der Waals surface area contributed by atoms with Crippen LogP contribution < -0.4 is 0 Å². The van der Waals surface area contributed by atoms with Gasteiger partial charge in [0.25, 0.3) is 0 Å². The lowest BCUT2D eigenvalue weighted by molar-refractivity contribution is -0.135. The quantitative estimate of drug-likeness (QED) is 0.412. The maximum Gasteiger partial charge on any atom is 0.225 e. The lowest BCUT2D eigenvalue weighted by Gasteiger charge is -2.32. The van der Waals surface area contributed by atoms with Gasteiger partial charge < -0.3 is 4.90 Å². The summed E-state index contributed by atoms with van der Waals surface area (Å²) in [6.45, 7) is 4.79. The first-order valence-electron chi connectivity index (χ1n) is 5.89. The molecule has 5 nitrogen and oxygen atoms in total. The summed E-state index contributed by atoms with van der Waals surface area (Å²) in [6.07, 6.45) is 2.52. The third-order valence-corrected chi connectivity index (χ3v) is 3.52. The molecule has 0 aromatic carbocycles. The maximum atomic E-state index is 12.0. The largest absolute Gasteiger partial charge is 0.346 e. The smallest absolute Gasteiger partial charge is 0.225 e. The number of amides is 1. The summed E-state index contributed by atoms with van der Waals surface area (Å²) in [4.78, 5) is 16.6. The second-order valence-corrected chi connectivity index (χ2v) is 4.61. The molecule has 0 aliphatic heterocycles. The first-order valence-corrected chi connectivity index (χ1v) is 5.89. The van der Waals surface area contributed by atoms with Crippen molar-refractivity contribution >= 4 is 5.91 Å². The molecule has 0 bridgehead atoms. The molecule has 0 spiro atoms. The molecule has 5 heteroatoms. The van der Waals surface area contributed by atoms with Crippen molar-refractivity contribution in [3.05, 3.63) is 10.4 Å². The van der Waals surface area contributed by atoms with Gasteiger partial charge in [-0.1, -0.05) is 12.0 Å². The van der Waals surface area contributed by atoms with E-state index in [2.05, 4.69) is 16.9 Å². The number of azide groups is 1. The third-order valence-electron chi connectivity index (χ3n) is 3.52. The number of carbonyl (C=O) groups is 1. The first kappa shape index (κ1) is 12.8. The van der Waals surface area contributed by atoms with E-state index >= 15 is 0 Å². The zero-order chi connectivity index (χ0) is 12.1. The van der Waals surface area contributed by atoms with Crippen molar-refractivity contribution in [2.45, 2.75) is 39.2 Å². The normalized spacial score (nSPS) is 29.3. The van der Waals surface area contributed by atoms with Crippen LogP contribution in [0.2, 0.25) is 0 Å². The Kier molecular flexibility index (Phi) is 4.62. The second kappa shape index (κ2) is 5.75. The molecule has 0 aromatic rings. The highest BCUT2D eigenvalue weighted by Gasteiger charge is 2.31. The lowest BCUT2D eigenvalue weighted by Crippen LogP contribution is -2.37. The summed E-state index contributed by atoms with van der Waals surface area (Å²) < 4.78 is 0. The monoisotopic (exact) mass is 224 g/mol. The molecule has 1 rings (SSSR count). The SMILES string of the molecule is CCN(C)C(=O)[C@H]1CC[C@H](N=[N+]=[N-])[C@H](C)C1. The Morgan fingerprint density at radius 3 is 2.75 bits per heavy atom. The van der Waals surface area contributed by atoms with Gasteiger partial charge >= 0.3 is 0 Å². The molecule has 0 aromatic heterocycles. The zero-order valence-electron chi connectivity index (χ0n) is 10.3. The Balaban J connectivity index is 2.57. The van der Waals surface area contributed by atoms with Crippen LogP contribution in [0.5, 0.6) is 0 Å². The van der Waals surface area contributed by atoms with E-state index in [0.29, 0.717) is 5.92 Å². The van der Waals surface area contributed by atoms with E-state index in [0.717, 1.165) is 25.8 Å². The molecule has 1 fully saturated rings. The van der Waals surface area contributed by atoms with Gasteiger partial charge in [0.15, 0.2) is 0 Å². The predicted molar refractivity (Wildman–Crippen MR) is 62.8 cm³/mol. The molecule has 3 atom stereocenters. The van der Waals surface area contributed by atoms with Crippen LogP contribution in [0.15, 0.2) is 5.11 Å². The van der Waals surface area contributed by atoms with E-state index in [1.54, 1.807) is 4.90 Å². The van der Waals surface area contributed by atoms with Gasteiger partial charge in [-0.25, -0.2) is 0 Å². The average Bonchev–Trinajstić information content (AvgIpc) is 2.30. The van der Waals surface area contributed by atoms with Gasteiger partial charge in [-0.2, -0.15) is 0 Å². The molecule has 0 heterocycles. The fourth-order valence-corrected chi connectivity index (χ4v) is 2.31. The van der Waals surface area contributed by atoms with Crippen LogP contribution in [-0.2, 0) is 4.79 Å². The number of hydrogen-bond donors (Lipinski definition) is 0. The van der Waals surface area contributed by atoms with Gasteiger partial charge in [-0.05, 0) is 37.6 Å². The van der Waals surface area contributed by atoms with E-state index in [4.69, 9.17) is 5.53 Å². The van der Waals surface area contributed by atoms with Crippen molar-refractivity contribution in [3.63, 3.8) is 0 Å². The van der Waals surface area contributed by atoms with Crippen LogP contribution in [0.1, 0.15) is 33.1 Å². The zero-order valence-corrected chi connectivity index (χ0v) is 10.3.